The van der Waals surface area contributed by atoms with Crippen LogP contribution in [0.3, 0.4) is 0 Å². The van der Waals surface area contributed by atoms with Gasteiger partial charge in [-0.15, -0.1) is 0 Å². The maximum atomic E-state index is 11.3. The molecule has 0 aromatic carbocycles. The Bertz CT molecular complexity index is 210. The zero-order chi connectivity index (χ0) is 8.48. The molecule has 0 radical (unpaired) electrons. The lowest BCUT2D eigenvalue weighted by atomic mass is 9.81. The fraction of sp³-hybridized carbons (Fsp3) is 0.750. The van der Waals surface area contributed by atoms with Crippen molar-refractivity contribution in [3.63, 3.8) is 0 Å². The molecule has 0 unspecified atom stereocenters. The Morgan fingerprint density at radius 3 is 2.64 bits per heavy atom. The van der Waals surface area contributed by atoms with Crippen LogP contribution in [0.5, 0.6) is 0 Å². The van der Waals surface area contributed by atoms with Gasteiger partial charge < -0.3 is 0 Å². The number of hydrazone groups is 1. The minimum Gasteiger partial charge on any atom is -0.272 e. The van der Waals surface area contributed by atoms with Crippen LogP contribution < -0.4 is 5.43 Å². The summed E-state index contributed by atoms with van der Waals surface area (Å²) in [5, 5.41) is 3.91. The van der Waals surface area contributed by atoms with E-state index in [2.05, 4.69) is 17.5 Å². The molecule has 0 saturated carbocycles. The van der Waals surface area contributed by atoms with Crippen molar-refractivity contribution in [3.05, 3.63) is 0 Å². The molecule has 3 nitrogen and oxygen atoms in total. The predicted octanol–water partition coefficient (Wildman–Crippen LogP) is 1.30. The quantitative estimate of drug-likeness (QED) is 0.640. The molecule has 0 spiro atoms. The van der Waals surface area contributed by atoms with Gasteiger partial charge in [-0.1, -0.05) is 13.3 Å². The lowest BCUT2D eigenvalue weighted by Crippen LogP contribution is -2.33. The lowest BCUT2D eigenvalue weighted by Gasteiger charge is -2.19. The van der Waals surface area contributed by atoms with Crippen LogP contribution in [0.25, 0.3) is 0 Å². The van der Waals surface area contributed by atoms with Gasteiger partial charge in [0.05, 0.1) is 11.1 Å². The van der Waals surface area contributed by atoms with Gasteiger partial charge in [0.25, 0.3) is 5.91 Å². The van der Waals surface area contributed by atoms with Crippen molar-refractivity contribution in [3.8, 4) is 0 Å². The molecule has 0 saturated heterocycles. The molecule has 0 aliphatic carbocycles. The molecule has 62 valence electrons. The van der Waals surface area contributed by atoms with Crippen LogP contribution in [-0.2, 0) is 4.79 Å². The number of carbonyl (C=O) groups excluding carboxylic acids is 1. The average Bonchev–Trinajstić information content (AvgIpc) is 2.19. The summed E-state index contributed by atoms with van der Waals surface area (Å²) < 4.78 is 0. The van der Waals surface area contributed by atoms with E-state index in [1.807, 2.05) is 13.8 Å². The first-order valence-electron chi connectivity index (χ1n) is 3.96. The Hall–Kier alpha value is -0.860. The minimum absolute atomic E-state index is 0.0388. The van der Waals surface area contributed by atoms with Gasteiger partial charge in [-0.3, -0.25) is 4.79 Å². The van der Waals surface area contributed by atoms with E-state index < -0.39 is 0 Å². The van der Waals surface area contributed by atoms with Gasteiger partial charge in [-0.2, -0.15) is 5.10 Å². The van der Waals surface area contributed by atoms with E-state index >= 15 is 0 Å². The maximum absolute atomic E-state index is 11.3. The number of hydrogen-bond acceptors (Lipinski definition) is 2. The summed E-state index contributed by atoms with van der Waals surface area (Å²) >= 11 is 0. The average molecular weight is 154 g/mol. The van der Waals surface area contributed by atoms with Crippen molar-refractivity contribution < 1.29 is 4.79 Å². The van der Waals surface area contributed by atoms with Gasteiger partial charge >= 0.3 is 0 Å². The molecule has 1 atom stereocenters. The summed E-state index contributed by atoms with van der Waals surface area (Å²) in [7, 11) is 0. The molecule has 1 heterocycles. The standard InChI is InChI=1S/C8H14N2O/c1-4-5-8(3)6(2)9-10-7(8)11/h4-5H2,1-3H3,(H,10,11)/t8-/m0/s1. The number of nitrogens with one attached hydrogen (secondary N) is 1. The number of rotatable bonds is 2. The van der Waals surface area contributed by atoms with Crippen LogP contribution in [0, 0.1) is 5.41 Å². The normalized spacial score (nSPS) is 30.1. The first kappa shape index (κ1) is 8.24. The molecular weight excluding hydrogens is 140 g/mol. The van der Waals surface area contributed by atoms with Crippen molar-refractivity contribution in [2.45, 2.75) is 33.6 Å². The van der Waals surface area contributed by atoms with Gasteiger partial charge in [0, 0.05) is 0 Å². The molecule has 1 aliphatic rings. The van der Waals surface area contributed by atoms with Crippen LogP contribution in [0.1, 0.15) is 33.6 Å². The highest BCUT2D eigenvalue weighted by atomic mass is 16.2. The zero-order valence-electron chi connectivity index (χ0n) is 7.27. The first-order valence-corrected chi connectivity index (χ1v) is 3.96. The van der Waals surface area contributed by atoms with Crippen LogP contribution in [0.2, 0.25) is 0 Å². The maximum Gasteiger partial charge on any atom is 0.251 e. The Morgan fingerprint density at radius 1 is 1.64 bits per heavy atom. The van der Waals surface area contributed by atoms with E-state index in [-0.39, 0.29) is 11.3 Å². The van der Waals surface area contributed by atoms with Gasteiger partial charge in [-0.25, -0.2) is 5.43 Å². The van der Waals surface area contributed by atoms with E-state index in [9.17, 15) is 4.79 Å². The van der Waals surface area contributed by atoms with Crippen molar-refractivity contribution in [2.24, 2.45) is 10.5 Å². The second-order valence-corrected chi connectivity index (χ2v) is 3.22. The van der Waals surface area contributed by atoms with Gasteiger partial charge in [0.15, 0.2) is 0 Å². The second-order valence-electron chi connectivity index (χ2n) is 3.22. The molecule has 0 fully saturated rings. The third kappa shape index (κ3) is 1.15. The number of amides is 1. The smallest absolute Gasteiger partial charge is 0.251 e. The van der Waals surface area contributed by atoms with E-state index in [0.717, 1.165) is 18.6 Å². The Kier molecular flexibility index (Phi) is 1.98. The Labute approximate surface area is 66.9 Å². The first-order chi connectivity index (χ1) is 5.11. The van der Waals surface area contributed by atoms with Crippen LogP contribution >= 0.6 is 0 Å². The molecule has 0 aromatic rings. The fourth-order valence-corrected chi connectivity index (χ4v) is 1.34. The number of nitrogens with zero attached hydrogens (tertiary/aromatic N) is 1. The summed E-state index contributed by atoms with van der Waals surface area (Å²) in [5.74, 6) is 0.0388. The minimum atomic E-state index is -0.339. The van der Waals surface area contributed by atoms with Crippen molar-refractivity contribution >= 4 is 11.6 Å². The van der Waals surface area contributed by atoms with Crippen molar-refractivity contribution in [2.75, 3.05) is 0 Å². The Morgan fingerprint density at radius 2 is 2.27 bits per heavy atom. The molecule has 1 aliphatic heterocycles. The molecule has 0 aromatic heterocycles. The van der Waals surface area contributed by atoms with E-state index in [4.69, 9.17) is 0 Å². The summed E-state index contributed by atoms with van der Waals surface area (Å²) in [6, 6.07) is 0. The zero-order valence-corrected chi connectivity index (χ0v) is 7.27. The molecular formula is C8H14N2O. The van der Waals surface area contributed by atoms with Crippen LogP contribution in [0.15, 0.2) is 5.10 Å². The Balaban J connectivity index is 2.81. The monoisotopic (exact) mass is 154 g/mol. The van der Waals surface area contributed by atoms with E-state index in [0.29, 0.717) is 0 Å². The van der Waals surface area contributed by atoms with E-state index in [1.165, 1.54) is 0 Å². The highest BCUT2D eigenvalue weighted by Crippen LogP contribution is 2.28. The summed E-state index contributed by atoms with van der Waals surface area (Å²) in [6.45, 7) is 5.91. The van der Waals surface area contributed by atoms with Crippen LogP contribution in [-0.4, -0.2) is 11.6 Å². The molecule has 1 rings (SSSR count). The summed E-state index contributed by atoms with van der Waals surface area (Å²) in [6.07, 6.45) is 1.89. The van der Waals surface area contributed by atoms with Gasteiger partial charge in [0.1, 0.15) is 0 Å². The molecule has 0 bridgehead atoms. The third-order valence-corrected chi connectivity index (χ3v) is 2.37. The summed E-state index contributed by atoms with van der Waals surface area (Å²) in [5.41, 5.74) is 3.06. The van der Waals surface area contributed by atoms with Crippen molar-refractivity contribution in [1.82, 2.24) is 5.43 Å². The molecule has 1 amide bonds. The molecule has 11 heavy (non-hydrogen) atoms. The fourth-order valence-electron chi connectivity index (χ4n) is 1.34. The number of carbonyl (C=O) groups is 1. The molecule has 1 N–H and O–H groups in total. The third-order valence-electron chi connectivity index (χ3n) is 2.37. The van der Waals surface area contributed by atoms with Gasteiger partial charge in [-0.05, 0) is 20.3 Å². The summed E-state index contributed by atoms with van der Waals surface area (Å²) in [4.78, 5) is 11.3. The molecule has 3 heteroatoms. The highest BCUT2D eigenvalue weighted by Gasteiger charge is 2.39. The largest absolute Gasteiger partial charge is 0.272 e. The topological polar surface area (TPSA) is 41.5 Å². The highest BCUT2D eigenvalue weighted by molar-refractivity contribution is 6.10. The lowest BCUT2D eigenvalue weighted by molar-refractivity contribution is -0.125. The van der Waals surface area contributed by atoms with Crippen molar-refractivity contribution in [1.29, 1.82) is 0 Å². The second kappa shape index (κ2) is 2.64. The van der Waals surface area contributed by atoms with E-state index in [1.54, 1.807) is 0 Å². The van der Waals surface area contributed by atoms with Crippen LogP contribution in [0.4, 0.5) is 0 Å². The van der Waals surface area contributed by atoms with Gasteiger partial charge in [0.2, 0.25) is 0 Å². The predicted molar refractivity (Wildman–Crippen MR) is 44.3 cm³/mol. The number of hydrogen-bond donors (Lipinski definition) is 1. The SMILES string of the molecule is CCC[C@]1(C)C(=O)NN=C1C.